The Morgan fingerprint density at radius 1 is 1.04 bits per heavy atom. The third kappa shape index (κ3) is 2.88. The minimum atomic E-state index is -4.15. The maximum absolute atomic E-state index is 14.0. The Balaban J connectivity index is 1.87. The lowest BCUT2D eigenvalue weighted by atomic mass is 10.1. The number of nitrogens with zero attached hydrogens (tertiary/aromatic N) is 1. The minimum absolute atomic E-state index is 0.0466. The predicted octanol–water partition coefficient (Wildman–Crippen LogP) is 0.841. The summed E-state index contributed by atoms with van der Waals surface area (Å²) in [6.07, 6.45) is 0. The number of hydrogen-bond donors (Lipinski definition) is 1. The number of hydrogen-bond acceptors (Lipinski definition) is 6. The zero-order valence-electron chi connectivity index (χ0n) is 12.3. The molecule has 1 heterocycles. The van der Waals surface area contributed by atoms with E-state index in [0.717, 1.165) is 12.1 Å². The van der Waals surface area contributed by atoms with Crippen LogP contribution in [-0.4, -0.2) is 31.3 Å². The first kappa shape index (κ1) is 16.7. The molecule has 0 aromatic heterocycles. The molecular weight excluding hydrogens is 355 g/mol. The molecule has 0 unspecified atom stereocenters. The fourth-order valence-electron chi connectivity index (χ4n) is 2.22. The number of benzene rings is 2. The highest BCUT2D eigenvalue weighted by Gasteiger charge is 2.39. The third-order valence-electron chi connectivity index (χ3n) is 3.42. The van der Waals surface area contributed by atoms with Crippen molar-refractivity contribution in [2.45, 2.75) is 4.90 Å². The summed E-state index contributed by atoms with van der Waals surface area (Å²) in [6.45, 7) is 0. The number of sulfonamides is 1. The Labute approximate surface area is 140 Å². The number of carbonyl (C=O) groups is 3. The summed E-state index contributed by atoms with van der Waals surface area (Å²) in [5, 5.41) is 5.08. The summed E-state index contributed by atoms with van der Waals surface area (Å²) in [4.78, 5) is 40.3. The summed E-state index contributed by atoms with van der Waals surface area (Å²) in [5.41, 5.74) is -0.570. The van der Waals surface area contributed by atoms with E-state index in [1.807, 2.05) is 0 Å². The molecule has 0 fully saturated rings. The summed E-state index contributed by atoms with van der Waals surface area (Å²) < 4.78 is 36.3. The molecule has 10 heteroatoms. The van der Waals surface area contributed by atoms with Gasteiger partial charge in [-0.1, -0.05) is 17.2 Å². The van der Waals surface area contributed by atoms with Crippen molar-refractivity contribution in [1.82, 2.24) is 5.06 Å². The lowest BCUT2D eigenvalue weighted by Crippen LogP contribution is -2.33. The quantitative estimate of drug-likeness (QED) is 0.805. The zero-order chi connectivity index (χ0) is 18.4. The second kappa shape index (κ2) is 5.76. The van der Waals surface area contributed by atoms with E-state index in [2.05, 4.69) is 4.84 Å². The lowest BCUT2D eigenvalue weighted by Gasteiger charge is -2.13. The van der Waals surface area contributed by atoms with Crippen molar-refractivity contribution >= 4 is 27.8 Å². The van der Waals surface area contributed by atoms with Crippen molar-refractivity contribution < 1.29 is 32.0 Å². The molecule has 0 atom stereocenters. The van der Waals surface area contributed by atoms with Crippen LogP contribution in [0.2, 0.25) is 0 Å². The monoisotopic (exact) mass is 364 g/mol. The first-order valence-corrected chi connectivity index (χ1v) is 8.27. The van der Waals surface area contributed by atoms with Crippen LogP contribution >= 0.6 is 0 Å². The number of nitrogens with two attached hydrogens (primary N) is 1. The molecule has 2 N–H and O–H groups in total. The molecule has 2 amide bonds. The number of fused-ring (bicyclic) bond motifs is 1. The van der Waals surface area contributed by atoms with Crippen LogP contribution in [0, 0.1) is 5.82 Å². The smallest absolute Gasteiger partial charge is 0.324 e. The van der Waals surface area contributed by atoms with Crippen molar-refractivity contribution in [3.63, 3.8) is 0 Å². The van der Waals surface area contributed by atoms with Crippen molar-refractivity contribution in [2.24, 2.45) is 5.14 Å². The van der Waals surface area contributed by atoms with Gasteiger partial charge in [-0.3, -0.25) is 9.59 Å². The summed E-state index contributed by atoms with van der Waals surface area (Å²) in [7, 11) is -4.15. The highest BCUT2D eigenvalue weighted by atomic mass is 32.2. The molecule has 0 radical (unpaired) electrons. The van der Waals surface area contributed by atoms with Crippen molar-refractivity contribution in [1.29, 1.82) is 0 Å². The Kier molecular flexibility index (Phi) is 3.85. The van der Waals surface area contributed by atoms with Crippen molar-refractivity contribution in [3.8, 4) is 0 Å². The van der Waals surface area contributed by atoms with Gasteiger partial charge in [0.2, 0.25) is 10.0 Å². The normalized spacial score (nSPS) is 13.8. The summed E-state index contributed by atoms with van der Waals surface area (Å²) >= 11 is 0. The molecule has 0 aliphatic carbocycles. The van der Waals surface area contributed by atoms with Gasteiger partial charge in [-0.05, 0) is 30.3 Å². The summed E-state index contributed by atoms with van der Waals surface area (Å²) in [5.74, 6) is -4.30. The van der Waals surface area contributed by atoms with Gasteiger partial charge in [-0.15, -0.1) is 0 Å². The van der Waals surface area contributed by atoms with Crippen molar-refractivity contribution in [3.05, 3.63) is 65.0 Å². The lowest BCUT2D eigenvalue weighted by molar-refractivity contribution is -0.0587. The largest absolute Gasteiger partial charge is 0.366 e. The average Bonchev–Trinajstić information content (AvgIpc) is 2.79. The van der Waals surface area contributed by atoms with Crippen LogP contribution in [-0.2, 0) is 14.9 Å². The molecular formula is C15H9FN2O6S. The van der Waals surface area contributed by atoms with Gasteiger partial charge in [-0.2, -0.15) is 0 Å². The third-order valence-corrected chi connectivity index (χ3v) is 4.33. The number of carbonyl (C=O) groups excluding carboxylic acids is 3. The van der Waals surface area contributed by atoms with E-state index >= 15 is 0 Å². The SMILES string of the molecule is NS(=O)(=O)c1ccc(C(=O)ON2C(=O)c3ccccc3C2=O)c(F)c1. The van der Waals surface area contributed by atoms with Gasteiger partial charge < -0.3 is 4.84 Å². The highest BCUT2D eigenvalue weighted by Crippen LogP contribution is 2.24. The molecule has 3 rings (SSSR count). The minimum Gasteiger partial charge on any atom is -0.324 e. The molecule has 0 saturated carbocycles. The maximum atomic E-state index is 14.0. The first-order chi connectivity index (χ1) is 11.7. The van der Waals surface area contributed by atoms with Crippen molar-refractivity contribution in [2.75, 3.05) is 0 Å². The van der Waals surface area contributed by atoms with Gasteiger partial charge in [-0.25, -0.2) is 22.7 Å². The topological polar surface area (TPSA) is 124 Å². The van der Waals surface area contributed by atoms with Crippen LogP contribution in [0.4, 0.5) is 4.39 Å². The molecule has 2 aromatic rings. The Bertz CT molecular complexity index is 999. The number of primary sulfonamides is 1. The Morgan fingerprint density at radius 2 is 1.60 bits per heavy atom. The number of hydroxylamine groups is 2. The molecule has 0 saturated heterocycles. The molecule has 0 bridgehead atoms. The molecule has 8 nitrogen and oxygen atoms in total. The first-order valence-electron chi connectivity index (χ1n) is 6.72. The standard InChI is InChI=1S/C15H9FN2O6S/c16-12-7-8(25(17,22)23)5-6-11(12)15(21)24-18-13(19)9-3-1-2-4-10(9)14(18)20/h1-7H,(H2,17,22,23). The van der Waals surface area contributed by atoms with E-state index < -0.39 is 44.1 Å². The van der Waals surface area contributed by atoms with Crippen LogP contribution in [0.3, 0.4) is 0 Å². The molecule has 128 valence electrons. The Hall–Kier alpha value is -3.11. The highest BCUT2D eigenvalue weighted by molar-refractivity contribution is 7.89. The fraction of sp³-hybridized carbons (Fsp3) is 0. The molecule has 25 heavy (non-hydrogen) atoms. The van der Waals surface area contributed by atoms with E-state index in [4.69, 9.17) is 5.14 Å². The van der Waals surface area contributed by atoms with Crippen LogP contribution in [0.25, 0.3) is 0 Å². The Morgan fingerprint density at radius 3 is 2.08 bits per heavy atom. The van der Waals surface area contributed by atoms with Crippen LogP contribution < -0.4 is 5.14 Å². The number of halogens is 1. The van der Waals surface area contributed by atoms with Crippen LogP contribution in [0.1, 0.15) is 31.1 Å². The van der Waals surface area contributed by atoms with E-state index in [9.17, 15) is 27.2 Å². The number of rotatable bonds is 3. The van der Waals surface area contributed by atoms with Gasteiger partial charge in [0.15, 0.2) is 0 Å². The van der Waals surface area contributed by atoms with Gasteiger partial charge >= 0.3 is 5.97 Å². The second-order valence-corrected chi connectivity index (χ2v) is 6.58. The predicted molar refractivity (Wildman–Crippen MR) is 80.1 cm³/mol. The molecule has 0 spiro atoms. The number of amides is 2. The summed E-state index contributed by atoms with van der Waals surface area (Å²) in [6, 6.07) is 8.08. The van der Waals surface area contributed by atoms with Crippen LogP contribution in [0.15, 0.2) is 47.4 Å². The van der Waals surface area contributed by atoms with Gasteiger partial charge in [0, 0.05) is 0 Å². The maximum Gasteiger partial charge on any atom is 0.366 e. The van der Waals surface area contributed by atoms with Gasteiger partial charge in [0.25, 0.3) is 11.8 Å². The molecule has 2 aromatic carbocycles. The van der Waals surface area contributed by atoms with Gasteiger partial charge in [0.1, 0.15) is 5.82 Å². The van der Waals surface area contributed by atoms with Gasteiger partial charge in [0.05, 0.1) is 21.6 Å². The fourth-order valence-corrected chi connectivity index (χ4v) is 2.75. The van der Waals surface area contributed by atoms with Crippen LogP contribution in [0.5, 0.6) is 0 Å². The van der Waals surface area contributed by atoms with E-state index in [1.165, 1.54) is 24.3 Å². The second-order valence-electron chi connectivity index (χ2n) is 5.02. The van der Waals surface area contributed by atoms with E-state index in [0.29, 0.717) is 6.07 Å². The van der Waals surface area contributed by atoms with E-state index in [1.54, 1.807) is 0 Å². The average molecular weight is 364 g/mol. The molecule has 1 aliphatic rings. The zero-order valence-corrected chi connectivity index (χ0v) is 13.1. The van der Waals surface area contributed by atoms with E-state index in [-0.39, 0.29) is 16.2 Å². The number of imide groups is 1. The molecule has 1 aliphatic heterocycles.